The molecule has 3 rings (SSSR count). The molecule has 5 heteroatoms. The van der Waals surface area contributed by atoms with Crippen molar-refractivity contribution in [2.75, 3.05) is 0 Å². The van der Waals surface area contributed by atoms with Crippen LogP contribution in [0.15, 0.2) is 40.2 Å². The second-order valence-corrected chi connectivity index (χ2v) is 6.49. The first kappa shape index (κ1) is 13.2. The molecule has 0 bridgehead atoms. The van der Waals surface area contributed by atoms with Crippen molar-refractivity contribution < 1.29 is 0 Å². The van der Waals surface area contributed by atoms with Crippen molar-refractivity contribution in [1.82, 2.24) is 10.3 Å². The van der Waals surface area contributed by atoms with Crippen molar-refractivity contribution in [3.63, 3.8) is 0 Å². The number of fused-ring (bicyclic) bond motifs is 1. The van der Waals surface area contributed by atoms with Gasteiger partial charge in [-0.05, 0) is 33.4 Å². The highest BCUT2D eigenvalue weighted by molar-refractivity contribution is 9.10. The molecular weight excluding hydrogens is 344 g/mol. The molecular formula is C14H12BrClN2S. The lowest BCUT2D eigenvalue weighted by Gasteiger charge is -2.02. The smallest absolute Gasteiger partial charge is 0.0705 e. The van der Waals surface area contributed by atoms with Gasteiger partial charge in [0.25, 0.3) is 0 Å². The SMILES string of the molecule is Clc1c(CNCc2sccc2Br)[nH]c2ccccc12. The molecule has 0 aliphatic heterocycles. The number of halogens is 2. The van der Waals surface area contributed by atoms with Gasteiger partial charge in [-0.3, -0.25) is 0 Å². The fourth-order valence-electron chi connectivity index (χ4n) is 2.04. The molecule has 1 aromatic carbocycles. The van der Waals surface area contributed by atoms with E-state index in [-0.39, 0.29) is 0 Å². The van der Waals surface area contributed by atoms with Crippen LogP contribution in [0.5, 0.6) is 0 Å². The quantitative estimate of drug-likeness (QED) is 0.682. The minimum atomic E-state index is 0.734. The number of rotatable bonds is 4. The predicted molar refractivity (Wildman–Crippen MR) is 85.9 cm³/mol. The number of nitrogens with one attached hydrogen (secondary N) is 2. The van der Waals surface area contributed by atoms with Gasteiger partial charge in [-0.2, -0.15) is 0 Å². The van der Waals surface area contributed by atoms with E-state index in [1.807, 2.05) is 24.3 Å². The number of para-hydroxylation sites is 1. The number of aromatic nitrogens is 1. The Morgan fingerprint density at radius 2 is 2.05 bits per heavy atom. The zero-order valence-electron chi connectivity index (χ0n) is 10.0. The predicted octanol–water partition coefficient (Wildman–Crippen LogP) is 4.94. The maximum absolute atomic E-state index is 6.37. The lowest BCUT2D eigenvalue weighted by Crippen LogP contribution is -2.12. The van der Waals surface area contributed by atoms with Crippen molar-refractivity contribution in [3.05, 3.63) is 55.8 Å². The fourth-order valence-corrected chi connectivity index (χ4v) is 3.78. The Morgan fingerprint density at radius 1 is 1.21 bits per heavy atom. The van der Waals surface area contributed by atoms with Crippen molar-refractivity contribution in [1.29, 1.82) is 0 Å². The third-order valence-corrected chi connectivity index (χ3v) is 5.35. The third-order valence-electron chi connectivity index (χ3n) is 2.99. The Bertz CT molecular complexity index is 704. The molecule has 0 aliphatic carbocycles. The molecule has 0 saturated heterocycles. The summed E-state index contributed by atoms with van der Waals surface area (Å²) in [5, 5.41) is 7.39. The lowest BCUT2D eigenvalue weighted by atomic mass is 10.2. The van der Waals surface area contributed by atoms with Crippen molar-refractivity contribution in [2.45, 2.75) is 13.1 Å². The Hall–Kier alpha value is -0.810. The van der Waals surface area contributed by atoms with Gasteiger partial charge in [-0.1, -0.05) is 29.8 Å². The van der Waals surface area contributed by atoms with E-state index in [2.05, 4.69) is 37.7 Å². The molecule has 0 atom stereocenters. The zero-order chi connectivity index (χ0) is 13.2. The Balaban J connectivity index is 1.72. The van der Waals surface area contributed by atoms with Crippen LogP contribution in [-0.2, 0) is 13.1 Å². The van der Waals surface area contributed by atoms with E-state index >= 15 is 0 Å². The van der Waals surface area contributed by atoms with Gasteiger partial charge in [0, 0.05) is 39.0 Å². The van der Waals surface area contributed by atoms with Crippen LogP contribution in [0, 0.1) is 0 Å². The summed E-state index contributed by atoms with van der Waals surface area (Å²) in [4.78, 5) is 4.65. The average molecular weight is 356 g/mol. The molecule has 0 amide bonds. The van der Waals surface area contributed by atoms with E-state index in [0.29, 0.717) is 0 Å². The van der Waals surface area contributed by atoms with Gasteiger partial charge in [0.05, 0.1) is 5.02 Å². The number of aromatic amines is 1. The molecule has 2 N–H and O–H groups in total. The number of thiophene rings is 1. The van der Waals surface area contributed by atoms with Crippen LogP contribution >= 0.6 is 38.9 Å². The minimum Gasteiger partial charge on any atom is -0.356 e. The van der Waals surface area contributed by atoms with Crippen LogP contribution in [0.3, 0.4) is 0 Å². The van der Waals surface area contributed by atoms with Crippen molar-refractivity contribution >= 4 is 49.8 Å². The maximum Gasteiger partial charge on any atom is 0.0705 e. The van der Waals surface area contributed by atoms with Crippen LogP contribution in [0.2, 0.25) is 5.02 Å². The number of H-pyrrole nitrogens is 1. The van der Waals surface area contributed by atoms with E-state index < -0.39 is 0 Å². The summed E-state index contributed by atoms with van der Waals surface area (Å²) >= 11 is 11.6. The first-order chi connectivity index (χ1) is 9.25. The highest BCUT2D eigenvalue weighted by atomic mass is 79.9. The first-order valence-electron chi connectivity index (χ1n) is 5.93. The van der Waals surface area contributed by atoms with Gasteiger partial charge < -0.3 is 10.3 Å². The monoisotopic (exact) mass is 354 g/mol. The van der Waals surface area contributed by atoms with Gasteiger partial charge in [-0.15, -0.1) is 11.3 Å². The van der Waals surface area contributed by atoms with Gasteiger partial charge >= 0.3 is 0 Å². The van der Waals surface area contributed by atoms with Crippen molar-refractivity contribution in [3.8, 4) is 0 Å². The second-order valence-electron chi connectivity index (χ2n) is 4.26. The van der Waals surface area contributed by atoms with Crippen molar-refractivity contribution in [2.24, 2.45) is 0 Å². The zero-order valence-corrected chi connectivity index (χ0v) is 13.2. The van der Waals surface area contributed by atoms with E-state index in [1.54, 1.807) is 11.3 Å². The summed E-state index contributed by atoms with van der Waals surface area (Å²) < 4.78 is 1.16. The summed E-state index contributed by atoms with van der Waals surface area (Å²) in [6.07, 6.45) is 0. The van der Waals surface area contributed by atoms with Crippen LogP contribution in [-0.4, -0.2) is 4.98 Å². The van der Waals surface area contributed by atoms with E-state index in [9.17, 15) is 0 Å². The van der Waals surface area contributed by atoms with E-state index in [4.69, 9.17) is 11.6 Å². The summed E-state index contributed by atoms with van der Waals surface area (Å²) in [6, 6.07) is 10.2. The standard InChI is InChI=1S/C14H12BrClN2S/c15-10-5-6-19-13(10)8-17-7-12-14(16)9-3-1-2-4-11(9)18-12/h1-6,17-18H,7-8H2. The van der Waals surface area contributed by atoms with E-state index in [0.717, 1.165) is 39.2 Å². The number of benzene rings is 1. The fraction of sp³-hybridized carbons (Fsp3) is 0.143. The normalized spacial score (nSPS) is 11.3. The van der Waals surface area contributed by atoms with Gasteiger partial charge in [0.2, 0.25) is 0 Å². The van der Waals surface area contributed by atoms with Gasteiger partial charge in [-0.25, -0.2) is 0 Å². The molecule has 2 heterocycles. The van der Waals surface area contributed by atoms with Gasteiger partial charge in [0.15, 0.2) is 0 Å². The van der Waals surface area contributed by atoms with Crippen LogP contribution in [0.25, 0.3) is 10.9 Å². The molecule has 19 heavy (non-hydrogen) atoms. The molecule has 0 spiro atoms. The summed E-state index contributed by atoms with van der Waals surface area (Å²) in [5.41, 5.74) is 2.12. The van der Waals surface area contributed by atoms with Crippen LogP contribution in [0.4, 0.5) is 0 Å². The highest BCUT2D eigenvalue weighted by Gasteiger charge is 2.08. The second kappa shape index (κ2) is 5.67. The van der Waals surface area contributed by atoms with Crippen LogP contribution in [0.1, 0.15) is 10.6 Å². The number of hydrogen-bond donors (Lipinski definition) is 2. The molecule has 2 nitrogen and oxygen atoms in total. The molecule has 3 aromatic rings. The molecule has 0 saturated carbocycles. The molecule has 2 aromatic heterocycles. The Labute approximate surface area is 128 Å². The van der Waals surface area contributed by atoms with E-state index in [1.165, 1.54) is 4.88 Å². The molecule has 0 aliphatic rings. The topological polar surface area (TPSA) is 27.8 Å². The summed E-state index contributed by atoms with van der Waals surface area (Å²) in [7, 11) is 0. The minimum absolute atomic E-state index is 0.734. The largest absolute Gasteiger partial charge is 0.356 e. The third kappa shape index (κ3) is 2.72. The average Bonchev–Trinajstić information content (AvgIpc) is 2.96. The lowest BCUT2D eigenvalue weighted by molar-refractivity contribution is 0.689. The molecule has 0 unspecified atom stereocenters. The Kier molecular flexibility index (Phi) is 3.93. The number of hydrogen-bond acceptors (Lipinski definition) is 2. The molecule has 0 radical (unpaired) electrons. The maximum atomic E-state index is 6.37. The van der Waals surface area contributed by atoms with Crippen LogP contribution < -0.4 is 5.32 Å². The molecule has 98 valence electrons. The summed E-state index contributed by atoms with van der Waals surface area (Å²) in [5.74, 6) is 0. The molecule has 0 fully saturated rings. The Morgan fingerprint density at radius 3 is 2.79 bits per heavy atom. The summed E-state index contributed by atoms with van der Waals surface area (Å²) in [6.45, 7) is 1.57. The van der Waals surface area contributed by atoms with Gasteiger partial charge in [0.1, 0.15) is 0 Å². The highest BCUT2D eigenvalue weighted by Crippen LogP contribution is 2.27. The first-order valence-corrected chi connectivity index (χ1v) is 7.98.